The SMILES string of the molecule is CN(C)c1noc(C2CCN(C(=O)c3cc(C4CCCCC4)[nH]n3)CC2)n1. The first-order valence-electron chi connectivity index (χ1n) is 9.97. The number of aromatic nitrogens is 4. The highest BCUT2D eigenvalue weighted by Crippen LogP contribution is 2.32. The number of hydrogen-bond donors (Lipinski definition) is 1. The molecule has 0 bridgehead atoms. The average molecular weight is 372 g/mol. The summed E-state index contributed by atoms with van der Waals surface area (Å²) in [7, 11) is 3.78. The maximum absolute atomic E-state index is 12.8. The van der Waals surface area contributed by atoms with Crippen molar-refractivity contribution in [3.8, 4) is 0 Å². The second kappa shape index (κ2) is 7.70. The summed E-state index contributed by atoms with van der Waals surface area (Å²) in [6.07, 6.45) is 7.92. The van der Waals surface area contributed by atoms with E-state index in [4.69, 9.17) is 4.52 Å². The number of amides is 1. The van der Waals surface area contributed by atoms with Crippen LogP contribution in [-0.4, -0.2) is 58.3 Å². The van der Waals surface area contributed by atoms with Gasteiger partial charge in [0, 0.05) is 44.7 Å². The van der Waals surface area contributed by atoms with Crippen molar-refractivity contribution in [2.75, 3.05) is 32.1 Å². The molecular weight excluding hydrogens is 344 g/mol. The number of nitrogens with zero attached hydrogens (tertiary/aromatic N) is 5. The zero-order chi connectivity index (χ0) is 18.8. The third-order valence-corrected chi connectivity index (χ3v) is 5.82. The zero-order valence-electron chi connectivity index (χ0n) is 16.1. The van der Waals surface area contributed by atoms with Crippen molar-refractivity contribution >= 4 is 11.9 Å². The van der Waals surface area contributed by atoms with Gasteiger partial charge in [-0.3, -0.25) is 9.89 Å². The molecular formula is C19H28N6O2. The zero-order valence-corrected chi connectivity index (χ0v) is 16.1. The molecule has 1 amide bonds. The number of piperidine rings is 1. The summed E-state index contributed by atoms with van der Waals surface area (Å²) >= 11 is 0. The minimum absolute atomic E-state index is 0.0197. The van der Waals surface area contributed by atoms with Gasteiger partial charge < -0.3 is 14.3 Å². The first-order valence-corrected chi connectivity index (χ1v) is 9.97. The van der Waals surface area contributed by atoms with Crippen LogP contribution in [0.5, 0.6) is 0 Å². The van der Waals surface area contributed by atoms with Crippen LogP contribution in [0.3, 0.4) is 0 Å². The van der Waals surface area contributed by atoms with E-state index < -0.39 is 0 Å². The van der Waals surface area contributed by atoms with E-state index in [2.05, 4.69) is 20.3 Å². The van der Waals surface area contributed by atoms with Crippen LogP contribution in [-0.2, 0) is 0 Å². The number of likely N-dealkylation sites (tertiary alicyclic amines) is 1. The van der Waals surface area contributed by atoms with Crippen LogP contribution >= 0.6 is 0 Å². The van der Waals surface area contributed by atoms with Crippen molar-refractivity contribution in [1.29, 1.82) is 0 Å². The highest BCUT2D eigenvalue weighted by atomic mass is 16.5. The molecule has 1 aliphatic carbocycles. The van der Waals surface area contributed by atoms with E-state index in [1.54, 1.807) is 0 Å². The summed E-state index contributed by atoms with van der Waals surface area (Å²) in [5, 5.41) is 11.4. The lowest BCUT2D eigenvalue weighted by Crippen LogP contribution is -2.38. The lowest BCUT2D eigenvalue weighted by Gasteiger charge is -2.29. The molecule has 0 atom stereocenters. The van der Waals surface area contributed by atoms with Gasteiger partial charge in [0.2, 0.25) is 5.89 Å². The molecule has 27 heavy (non-hydrogen) atoms. The molecule has 2 aromatic rings. The minimum atomic E-state index is 0.0197. The number of hydrogen-bond acceptors (Lipinski definition) is 6. The van der Waals surface area contributed by atoms with Crippen LogP contribution in [0.1, 0.15) is 78.9 Å². The first-order chi connectivity index (χ1) is 13.1. The van der Waals surface area contributed by atoms with Crippen LogP contribution in [0.25, 0.3) is 0 Å². The van der Waals surface area contributed by atoms with Gasteiger partial charge in [0.15, 0.2) is 0 Å². The molecule has 1 saturated heterocycles. The smallest absolute Gasteiger partial charge is 0.274 e. The predicted molar refractivity (Wildman–Crippen MR) is 101 cm³/mol. The topological polar surface area (TPSA) is 91.2 Å². The van der Waals surface area contributed by atoms with Gasteiger partial charge in [0.1, 0.15) is 5.69 Å². The molecule has 146 valence electrons. The van der Waals surface area contributed by atoms with Gasteiger partial charge in [-0.1, -0.05) is 19.3 Å². The Morgan fingerprint density at radius 3 is 2.56 bits per heavy atom. The quantitative estimate of drug-likeness (QED) is 0.887. The Kier molecular flexibility index (Phi) is 5.13. The Balaban J connectivity index is 1.35. The Labute approximate surface area is 159 Å². The lowest BCUT2D eigenvalue weighted by atomic mass is 9.87. The summed E-state index contributed by atoms with van der Waals surface area (Å²) in [5.74, 6) is 2.03. The van der Waals surface area contributed by atoms with Gasteiger partial charge in [0.25, 0.3) is 11.9 Å². The number of anilines is 1. The van der Waals surface area contributed by atoms with Gasteiger partial charge in [-0.2, -0.15) is 10.1 Å². The molecule has 3 heterocycles. The van der Waals surface area contributed by atoms with Gasteiger partial charge >= 0.3 is 0 Å². The fraction of sp³-hybridized carbons (Fsp3) is 0.684. The third kappa shape index (κ3) is 3.84. The Morgan fingerprint density at radius 2 is 1.89 bits per heavy atom. The fourth-order valence-corrected chi connectivity index (χ4v) is 4.13. The summed E-state index contributed by atoms with van der Waals surface area (Å²) in [5.41, 5.74) is 1.66. The Morgan fingerprint density at radius 1 is 1.15 bits per heavy atom. The molecule has 2 fully saturated rings. The van der Waals surface area contributed by atoms with E-state index in [-0.39, 0.29) is 11.8 Å². The van der Waals surface area contributed by atoms with E-state index in [1.165, 1.54) is 32.1 Å². The molecule has 2 aromatic heterocycles. The molecule has 1 aliphatic heterocycles. The van der Waals surface area contributed by atoms with Crippen molar-refractivity contribution < 1.29 is 9.32 Å². The highest BCUT2D eigenvalue weighted by molar-refractivity contribution is 5.92. The molecule has 0 unspecified atom stereocenters. The monoisotopic (exact) mass is 372 g/mol. The minimum Gasteiger partial charge on any atom is -0.344 e. The summed E-state index contributed by atoms with van der Waals surface area (Å²) in [6, 6.07) is 1.96. The number of H-pyrrole nitrogens is 1. The summed E-state index contributed by atoms with van der Waals surface area (Å²) in [4.78, 5) is 21.0. The lowest BCUT2D eigenvalue weighted by molar-refractivity contribution is 0.0698. The van der Waals surface area contributed by atoms with Crippen molar-refractivity contribution in [2.45, 2.75) is 56.8 Å². The molecule has 0 spiro atoms. The maximum atomic E-state index is 12.8. The normalized spacial score (nSPS) is 19.4. The van der Waals surface area contributed by atoms with Crippen LogP contribution in [0.4, 0.5) is 5.95 Å². The first kappa shape index (κ1) is 18.0. The number of nitrogens with one attached hydrogen (secondary N) is 1. The molecule has 4 rings (SSSR count). The van der Waals surface area contributed by atoms with Gasteiger partial charge in [0.05, 0.1) is 0 Å². The molecule has 1 saturated carbocycles. The van der Waals surface area contributed by atoms with Crippen molar-refractivity contribution in [2.24, 2.45) is 0 Å². The summed E-state index contributed by atoms with van der Waals surface area (Å²) in [6.45, 7) is 1.38. The standard InChI is InChI=1S/C19H28N6O2/c1-24(2)19-20-17(27-23-19)14-8-10-25(11-9-14)18(26)16-12-15(21-22-16)13-6-4-3-5-7-13/h12-14H,3-11H2,1-2H3,(H,21,22). The van der Waals surface area contributed by atoms with E-state index >= 15 is 0 Å². The maximum Gasteiger partial charge on any atom is 0.274 e. The Bertz CT molecular complexity index is 769. The number of carbonyl (C=O) groups excluding carboxylic acids is 1. The van der Waals surface area contributed by atoms with Crippen LogP contribution in [0, 0.1) is 0 Å². The predicted octanol–water partition coefficient (Wildman–Crippen LogP) is 2.93. The number of carbonyl (C=O) groups is 1. The molecule has 8 nitrogen and oxygen atoms in total. The van der Waals surface area contributed by atoms with E-state index in [1.807, 2.05) is 30.0 Å². The average Bonchev–Trinajstić information content (AvgIpc) is 3.38. The van der Waals surface area contributed by atoms with Crippen molar-refractivity contribution in [1.82, 2.24) is 25.2 Å². The van der Waals surface area contributed by atoms with Gasteiger partial charge in [-0.05, 0) is 36.9 Å². The van der Waals surface area contributed by atoms with Crippen LogP contribution in [0.2, 0.25) is 0 Å². The third-order valence-electron chi connectivity index (χ3n) is 5.82. The van der Waals surface area contributed by atoms with Gasteiger partial charge in [-0.15, -0.1) is 0 Å². The van der Waals surface area contributed by atoms with Crippen LogP contribution in [0.15, 0.2) is 10.6 Å². The van der Waals surface area contributed by atoms with Gasteiger partial charge in [-0.25, -0.2) is 0 Å². The molecule has 2 aliphatic rings. The second-order valence-electron chi connectivity index (χ2n) is 7.94. The molecule has 8 heteroatoms. The van der Waals surface area contributed by atoms with Crippen LogP contribution < -0.4 is 4.90 Å². The highest BCUT2D eigenvalue weighted by Gasteiger charge is 2.29. The van der Waals surface area contributed by atoms with Crippen molar-refractivity contribution in [3.05, 3.63) is 23.3 Å². The Hall–Kier alpha value is -2.38. The van der Waals surface area contributed by atoms with E-state index in [9.17, 15) is 4.79 Å². The van der Waals surface area contributed by atoms with E-state index in [0.717, 1.165) is 18.5 Å². The second-order valence-corrected chi connectivity index (χ2v) is 7.94. The number of aromatic amines is 1. The number of rotatable bonds is 4. The molecule has 0 radical (unpaired) electrons. The summed E-state index contributed by atoms with van der Waals surface area (Å²) < 4.78 is 5.39. The van der Waals surface area contributed by atoms with E-state index in [0.29, 0.717) is 36.5 Å². The van der Waals surface area contributed by atoms with Crippen molar-refractivity contribution in [3.63, 3.8) is 0 Å². The fourth-order valence-electron chi connectivity index (χ4n) is 4.13. The largest absolute Gasteiger partial charge is 0.344 e. The molecule has 0 aromatic carbocycles. The molecule has 1 N–H and O–H groups in total.